The molecule has 1 aliphatic carbocycles. The Labute approximate surface area is 83.6 Å². The van der Waals surface area contributed by atoms with E-state index in [4.69, 9.17) is 0 Å². The molecule has 1 heterocycles. The second-order valence-corrected chi connectivity index (χ2v) is 4.33. The van der Waals surface area contributed by atoms with Gasteiger partial charge in [0.15, 0.2) is 0 Å². The first-order valence-electron chi connectivity index (χ1n) is 5.16. The Morgan fingerprint density at radius 2 is 2.14 bits per heavy atom. The minimum atomic E-state index is -0.269. The van der Waals surface area contributed by atoms with E-state index in [-0.39, 0.29) is 23.4 Å². The summed E-state index contributed by atoms with van der Waals surface area (Å²) in [4.78, 5) is 24.1. The third-order valence-corrected chi connectivity index (χ3v) is 3.39. The van der Waals surface area contributed by atoms with Crippen LogP contribution in [0.3, 0.4) is 0 Å². The quantitative estimate of drug-likeness (QED) is 0.659. The highest BCUT2D eigenvalue weighted by molar-refractivity contribution is 6.05. The predicted molar refractivity (Wildman–Crippen MR) is 51.6 cm³/mol. The van der Waals surface area contributed by atoms with Gasteiger partial charge in [-0.05, 0) is 19.3 Å². The molecular formula is C10H16N2O2. The molecule has 1 aliphatic heterocycles. The molecule has 4 nitrogen and oxygen atoms in total. The number of imide groups is 1. The first-order chi connectivity index (χ1) is 6.58. The zero-order valence-electron chi connectivity index (χ0n) is 8.67. The summed E-state index contributed by atoms with van der Waals surface area (Å²) < 4.78 is 0. The number of nitrogens with one attached hydrogen (secondary N) is 1. The fourth-order valence-corrected chi connectivity index (χ4v) is 1.99. The number of rotatable bonds is 3. The fraction of sp³-hybridized carbons (Fsp3) is 0.800. The smallest absolute Gasteiger partial charge is 0.246 e. The van der Waals surface area contributed by atoms with E-state index in [0.29, 0.717) is 6.42 Å². The molecule has 1 unspecified atom stereocenters. The van der Waals surface area contributed by atoms with E-state index in [1.165, 1.54) is 4.90 Å². The van der Waals surface area contributed by atoms with E-state index in [1.807, 2.05) is 0 Å². The average molecular weight is 196 g/mol. The number of likely N-dealkylation sites (tertiary alicyclic amines) is 1. The van der Waals surface area contributed by atoms with Crippen molar-refractivity contribution in [3.8, 4) is 0 Å². The van der Waals surface area contributed by atoms with Gasteiger partial charge in [0, 0.05) is 12.6 Å². The normalized spacial score (nSPS) is 29.9. The monoisotopic (exact) mass is 196 g/mol. The van der Waals surface area contributed by atoms with Gasteiger partial charge in [-0.3, -0.25) is 19.8 Å². The van der Waals surface area contributed by atoms with E-state index in [9.17, 15) is 9.59 Å². The van der Waals surface area contributed by atoms with E-state index >= 15 is 0 Å². The molecule has 2 fully saturated rings. The number of hydrogen-bond donors (Lipinski definition) is 1. The summed E-state index contributed by atoms with van der Waals surface area (Å²) in [5.41, 5.74) is 0.159. The van der Waals surface area contributed by atoms with Crippen molar-refractivity contribution in [1.82, 2.24) is 10.2 Å². The molecule has 0 aromatic carbocycles. The van der Waals surface area contributed by atoms with E-state index in [0.717, 1.165) is 19.3 Å². The summed E-state index contributed by atoms with van der Waals surface area (Å²) in [5.74, 6) is -0.144. The largest absolute Gasteiger partial charge is 0.300 e. The third kappa shape index (κ3) is 1.43. The maximum Gasteiger partial charge on any atom is 0.246 e. The van der Waals surface area contributed by atoms with Crippen molar-refractivity contribution >= 4 is 11.8 Å². The van der Waals surface area contributed by atoms with Gasteiger partial charge in [-0.25, -0.2) is 0 Å². The SMILES string of the molecule is CCC1(NC2CC(=O)N(C)C2=O)CC1. The molecule has 1 saturated carbocycles. The van der Waals surface area contributed by atoms with Crippen molar-refractivity contribution in [2.24, 2.45) is 0 Å². The van der Waals surface area contributed by atoms with Crippen molar-refractivity contribution in [3.63, 3.8) is 0 Å². The fourth-order valence-electron chi connectivity index (χ4n) is 1.99. The van der Waals surface area contributed by atoms with Crippen LogP contribution in [0.25, 0.3) is 0 Å². The van der Waals surface area contributed by atoms with Gasteiger partial charge in [0.2, 0.25) is 11.8 Å². The van der Waals surface area contributed by atoms with Crippen LogP contribution in [-0.4, -0.2) is 35.3 Å². The van der Waals surface area contributed by atoms with Crippen LogP contribution in [0.5, 0.6) is 0 Å². The number of amides is 2. The number of nitrogens with zero attached hydrogens (tertiary/aromatic N) is 1. The lowest BCUT2D eigenvalue weighted by Crippen LogP contribution is -2.44. The summed E-state index contributed by atoms with van der Waals surface area (Å²) in [7, 11) is 1.55. The third-order valence-electron chi connectivity index (χ3n) is 3.39. The molecular weight excluding hydrogens is 180 g/mol. The molecule has 0 bridgehead atoms. The average Bonchev–Trinajstić information content (AvgIpc) is 2.90. The number of carbonyl (C=O) groups excluding carboxylic acids is 2. The Balaban J connectivity index is 2.00. The van der Waals surface area contributed by atoms with Crippen LogP contribution in [-0.2, 0) is 9.59 Å². The maximum atomic E-state index is 11.6. The summed E-state index contributed by atoms with van der Waals surface area (Å²) in [6, 6.07) is -0.269. The molecule has 2 amide bonds. The zero-order valence-corrected chi connectivity index (χ0v) is 8.67. The first kappa shape index (κ1) is 9.65. The molecule has 1 saturated heterocycles. The van der Waals surface area contributed by atoms with Crippen molar-refractivity contribution in [2.75, 3.05) is 7.05 Å². The molecule has 14 heavy (non-hydrogen) atoms. The van der Waals surface area contributed by atoms with E-state index < -0.39 is 0 Å². The van der Waals surface area contributed by atoms with Crippen molar-refractivity contribution < 1.29 is 9.59 Å². The van der Waals surface area contributed by atoms with Gasteiger partial charge in [0.25, 0.3) is 0 Å². The molecule has 0 aromatic heterocycles. The Morgan fingerprint density at radius 1 is 1.50 bits per heavy atom. The van der Waals surface area contributed by atoms with Crippen LogP contribution in [0.4, 0.5) is 0 Å². The number of likely N-dealkylation sites (N-methyl/N-ethyl adjacent to an activating group) is 1. The maximum absolute atomic E-state index is 11.6. The van der Waals surface area contributed by atoms with Crippen LogP contribution in [0.2, 0.25) is 0 Å². The molecule has 0 aromatic rings. The van der Waals surface area contributed by atoms with Gasteiger partial charge in [-0.2, -0.15) is 0 Å². The van der Waals surface area contributed by atoms with Gasteiger partial charge in [-0.15, -0.1) is 0 Å². The van der Waals surface area contributed by atoms with Crippen LogP contribution < -0.4 is 5.32 Å². The Bertz CT molecular complexity index is 284. The van der Waals surface area contributed by atoms with Crippen molar-refractivity contribution in [3.05, 3.63) is 0 Å². The molecule has 0 spiro atoms. The summed E-state index contributed by atoms with van der Waals surface area (Å²) >= 11 is 0. The Hall–Kier alpha value is -0.900. The van der Waals surface area contributed by atoms with Crippen molar-refractivity contribution in [1.29, 1.82) is 0 Å². The minimum absolute atomic E-state index is 0.0700. The van der Waals surface area contributed by atoms with Crippen LogP contribution >= 0.6 is 0 Å². The zero-order chi connectivity index (χ0) is 10.3. The lowest BCUT2D eigenvalue weighted by Gasteiger charge is -2.19. The topological polar surface area (TPSA) is 49.4 Å². The molecule has 1 atom stereocenters. The van der Waals surface area contributed by atoms with Crippen molar-refractivity contribution in [2.45, 2.75) is 44.2 Å². The minimum Gasteiger partial charge on any atom is -0.300 e. The molecule has 2 aliphatic rings. The first-order valence-corrected chi connectivity index (χ1v) is 5.16. The van der Waals surface area contributed by atoms with Gasteiger partial charge >= 0.3 is 0 Å². The highest BCUT2D eigenvalue weighted by atomic mass is 16.2. The Kier molecular flexibility index (Phi) is 2.10. The predicted octanol–water partition coefficient (Wildman–Crippen LogP) is 0.276. The van der Waals surface area contributed by atoms with E-state index in [1.54, 1.807) is 7.05 Å². The highest BCUT2D eigenvalue weighted by Gasteiger charge is 2.46. The lowest BCUT2D eigenvalue weighted by molar-refractivity contribution is -0.137. The second kappa shape index (κ2) is 3.05. The number of hydrogen-bond acceptors (Lipinski definition) is 3. The van der Waals surface area contributed by atoms with Gasteiger partial charge in [0.05, 0.1) is 12.5 Å². The van der Waals surface area contributed by atoms with Gasteiger partial charge in [0.1, 0.15) is 0 Å². The van der Waals surface area contributed by atoms with Crippen LogP contribution in [0.1, 0.15) is 32.6 Å². The summed E-state index contributed by atoms with van der Waals surface area (Å²) in [6.45, 7) is 2.12. The summed E-state index contributed by atoms with van der Waals surface area (Å²) in [6.07, 6.45) is 3.63. The molecule has 0 radical (unpaired) electrons. The molecule has 1 N–H and O–H groups in total. The summed E-state index contributed by atoms with van der Waals surface area (Å²) in [5, 5.41) is 3.31. The highest BCUT2D eigenvalue weighted by Crippen LogP contribution is 2.39. The number of carbonyl (C=O) groups is 2. The van der Waals surface area contributed by atoms with Crippen LogP contribution in [0.15, 0.2) is 0 Å². The molecule has 4 heteroatoms. The van der Waals surface area contributed by atoms with Crippen LogP contribution in [0, 0.1) is 0 Å². The lowest BCUT2D eigenvalue weighted by atomic mass is 10.1. The van der Waals surface area contributed by atoms with Gasteiger partial charge in [-0.1, -0.05) is 6.92 Å². The molecule has 78 valence electrons. The van der Waals surface area contributed by atoms with Gasteiger partial charge < -0.3 is 0 Å². The molecule has 2 rings (SSSR count). The Morgan fingerprint density at radius 3 is 2.50 bits per heavy atom. The standard InChI is InChI=1S/C10H16N2O2/c1-3-10(4-5-10)11-7-6-8(13)12(2)9(7)14/h7,11H,3-6H2,1-2H3. The second-order valence-electron chi connectivity index (χ2n) is 4.33. The van der Waals surface area contributed by atoms with E-state index in [2.05, 4.69) is 12.2 Å².